The van der Waals surface area contributed by atoms with Crippen LogP contribution in [0.25, 0.3) is 0 Å². The van der Waals surface area contributed by atoms with Gasteiger partial charge in [0.15, 0.2) is 0 Å². The molecule has 1 fully saturated rings. The predicted molar refractivity (Wildman–Crippen MR) is 54.8 cm³/mol. The molecule has 0 saturated carbocycles. The molecule has 0 aromatic heterocycles. The molecule has 0 unspecified atom stereocenters. The number of hydrogen-bond acceptors (Lipinski definition) is 3. The number of halogens is 1. The van der Waals surface area contributed by atoms with Gasteiger partial charge < -0.3 is 4.74 Å². The number of rotatable bonds is 2. The summed E-state index contributed by atoms with van der Waals surface area (Å²) in [6.45, 7) is 1.37. The number of nitrogens with zero attached hydrogens (tertiary/aromatic N) is 1. The van der Waals surface area contributed by atoms with E-state index in [9.17, 15) is 12.8 Å². The Morgan fingerprint density at radius 2 is 2.06 bits per heavy atom. The monoisotopic (exact) mass is 244 g/mol. The molecule has 0 spiro atoms. The Morgan fingerprint density at radius 3 is 2.69 bits per heavy atom. The second-order valence-electron chi connectivity index (χ2n) is 3.39. The van der Waals surface area contributed by atoms with E-state index in [0.717, 1.165) is 6.07 Å². The Morgan fingerprint density at radius 1 is 1.38 bits per heavy atom. The summed E-state index contributed by atoms with van der Waals surface area (Å²) in [4.78, 5) is -0.0364. The molecule has 1 aromatic rings. The van der Waals surface area contributed by atoms with Gasteiger partial charge in [-0.3, -0.25) is 0 Å². The van der Waals surface area contributed by atoms with Gasteiger partial charge in [-0.1, -0.05) is 0 Å². The summed E-state index contributed by atoms with van der Waals surface area (Å²) in [6, 6.07) is 5.86. The van der Waals surface area contributed by atoms with E-state index in [1.165, 1.54) is 16.4 Å². The molecule has 1 aliphatic rings. The smallest absolute Gasteiger partial charge is 0.243 e. The standard InChI is InChI=1S/C10H11FNO3S/c11-9-2-1-3-10(8-9)16(13,14)12-4-6-15-7-5-12/h1,3,8H,4-7H2. The van der Waals surface area contributed by atoms with Crippen molar-refractivity contribution >= 4 is 10.0 Å². The van der Waals surface area contributed by atoms with Crippen LogP contribution in [0.1, 0.15) is 0 Å². The van der Waals surface area contributed by atoms with Crippen molar-refractivity contribution in [2.24, 2.45) is 0 Å². The van der Waals surface area contributed by atoms with Crippen LogP contribution in [0, 0.1) is 11.9 Å². The molecule has 4 nitrogen and oxygen atoms in total. The number of morpholine rings is 1. The maximum absolute atomic E-state index is 12.9. The van der Waals surface area contributed by atoms with E-state index in [1.54, 1.807) is 0 Å². The van der Waals surface area contributed by atoms with Crippen LogP contribution in [0.4, 0.5) is 4.39 Å². The molecule has 1 aliphatic heterocycles. The molecule has 1 heterocycles. The predicted octanol–water partition coefficient (Wildman–Crippen LogP) is 0.647. The van der Waals surface area contributed by atoms with Crippen LogP contribution in [0.5, 0.6) is 0 Å². The zero-order chi connectivity index (χ0) is 11.6. The first-order valence-electron chi connectivity index (χ1n) is 4.86. The molecule has 0 aliphatic carbocycles. The van der Waals surface area contributed by atoms with Crippen molar-refractivity contribution in [3.63, 3.8) is 0 Å². The quantitative estimate of drug-likeness (QED) is 0.767. The molecule has 87 valence electrons. The number of hydrogen-bond donors (Lipinski definition) is 0. The van der Waals surface area contributed by atoms with Crippen LogP contribution in [0.15, 0.2) is 23.1 Å². The van der Waals surface area contributed by atoms with E-state index in [4.69, 9.17) is 4.74 Å². The maximum atomic E-state index is 12.9. The molecular formula is C10H11FNO3S. The van der Waals surface area contributed by atoms with Gasteiger partial charge in [0.1, 0.15) is 5.82 Å². The maximum Gasteiger partial charge on any atom is 0.243 e. The van der Waals surface area contributed by atoms with E-state index in [-0.39, 0.29) is 4.90 Å². The Labute approximate surface area is 93.7 Å². The molecule has 16 heavy (non-hydrogen) atoms. The fraction of sp³-hybridized carbons (Fsp3) is 0.400. The third-order valence-electron chi connectivity index (χ3n) is 2.35. The van der Waals surface area contributed by atoms with Gasteiger partial charge in [-0.25, -0.2) is 12.8 Å². The molecular weight excluding hydrogens is 233 g/mol. The molecule has 1 saturated heterocycles. The van der Waals surface area contributed by atoms with Crippen LogP contribution >= 0.6 is 0 Å². The van der Waals surface area contributed by atoms with Gasteiger partial charge >= 0.3 is 0 Å². The fourth-order valence-electron chi connectivity index (χ4n) is 1.51. The van der Waals surface area contributed by atoms with Crippen LogP contribution in [-0.2, 0) is 14.8 Å². The van der Waals surface area contributed by atoms with E-state index in [0.29, 0.717) is 26.3 Å². The number of sulfonamides is 1. The van der Waals surface area contributed by atoms with Crippen LogP contribution in [-0.4, -0.2) is 39.0 Å². The second-order valence-corrected chi connectivity index (χ2v) is 5.33. The van der Waals surface area contributed by atoms with E-state index in [2.05, 4.69) is 6.07 Å². The van der Waals surface area contributed by atoms with Crippen LogP contribution in [0.3, 0.4) is 0 Å². The highest BCUT2D eigenvalue weighted by molar-refractivity contribution is 7.89. The van der Waals surface area contributed by atoms with Gasteiger partial charge in [-0.2, -0.15) is 4.31 Å². The van der Waals surface area contributed by atoms with E-state index >= 15 is 0 Å². The Kier molecular flexibility index (Phi) is 3.22. The first-order chi connectivity index (χ1) is 7.60. The zero-order valence-electron chi connectivity index (χ0n) is 8.52. The molecule has 0 atom stereocenters. The highest BCUT2D eigenvalue weighted by Crippen LogP contribution is 2.17. The van der Waals surface area contributed by atoms with Crippen molar-refractivity contribution < 1.29 is 17.5 Å². The third-order valence-corrected chi connectivity index (χ3v) is 4.24. The van der Waals surface area contributed by atoms with Crippen LogP contribution < -0.4 is 0 Å². The molecule has 6 heteroatoms. The lowest BCUT2D eigenvalue weighted by atomic mass is 10.4. The largest absolute Gasteiger partial charge is 0.379 e. The molecule has 1 radical (unpaired) electrons. The fourth-order valence-corrected chi connectivity index (χ4v) is 2.93. The molecule has 0 N–H and O–H groups in total. The Balaban J connectivity index is 2.30. The summed E-state index contributed by atoms with van der Waals surface area (Å²) in [7, 11) is -3.59. The van der Waals surface area contributed by atoms with E-state index in [1.807, 2.05) is 0 Å². The Hall–Kier alpha value is -0.980. The first kappa shape index (κ1) is 11.5. The number of ether oxygens (including phenoxy) is 1. The van der Waals surface area contributed by atoms with E-state index < -0.39 is 15.8 Å². The first-order valence-corrected chi connectivity index (χ1v) is 6.30. The lowest BCUT2D eigenvalue weighted by Gasteiger charge is -2.25. The summed E-state index contributed by atoms with van der Waals surface area (Å²) < 4.78 is 43.3. The molecule has 0 bridgehead atoms. The Bertz CT molecular complexity index is 469. The number of benzene rings is 1. The SMILES string of the molecule is O=S(=O)(c1cc[c]c(F)c1)N1CCOCC1. The van der Waals surface area contributed by atoms with Gasteiger partial charge in [0.05, 0.1) is 18.1 Å². The van der Waals surface area contributed by atoms with Gasteiger partial charge in [0.2, 0.25) is 10.0 Å². The summed E-state index contributed by atoms with van der Waals surface area (Å²) in [5.41, 5.74) is 0. The normalized spacial score (nSPS) is 18.6. The van der Waals surface area contributed by atoms with Gasteiger partial charge in [-0.05, 0) is 18.2 Å². The lowest BCUT2D eigenvalue weighted by molar-refractivity contribution is 0.0730. The van der Waals surface area contributed by atoms with Crippen molar-refractivity contribution in [3.8, 4) is 0 Å². The molecule has 0 amide bonds. The van der Waals surface area contributed by atoms with Gasteiger partial charge in [-0.15, -0.1) is 0 Å². The second kappa shape index (κ2) is 4.48. The summed E-state index contributed by atoms with van der Waals surface area (Å²) in [6.07, 6.45) is 0. The summed E-state index contributed by atoms with van der Waals surface area (Å²) in [5.74, 6) is -0.672. The summed E-state index contributed by atoms with van der Waals surface area (Å²) in [5, 5.41) is 0. The lowest BCUT2D eigenvalue weighted by Crippen LogP contribution is -2.40. The zero-order valence-corrected chi connectivity index (χ0v) is 9.34. The van der Waals surface area contributed by atoms with Gasteiger partial charge in [0, 0.05) is 19.2 Å². The topological polar surface area (TPSA) is 46.6 Å². The van der Waals surface area contributed by atoms with Crippen molar-refractivity contribution in [2.75, 3.05) is 26.3 Å². The summed E-state index contributed by atoms with van der Waals surface area (Å²) >= 11 is 0. The average molecular weight is 244 g/mol. The molecule has 2 rings (SSSR count). The van der Waals surface area contributed by atoms with Crippen LogP contribution in [0.2, 0.25) is 0 Å². The minimum absolute atomic E-state index is 0.0364. The van der Waals surface area contributed by atoms with Crippen molar-refractivity contribution in [1.82, 2.24) is 4.31 Å². The van der Waals surface area contributed by atoms with Crippen molar-refractivity contribution in [3.05, 3.63) is 30.1 Å². The average Bonchev–Trinajstić information content (AvgIpc) is 2.30. The highest BCUT2D eigenvalue weighted by atomic mass is 32.2. The van der Waals surface area contributed by atoms with Crippen molar-refractivity contribution in [1.29, 1.82) is 0 Å². The van der Waals surface area contributed by atoms with Gasteiger partial charge in [0.25, 0.3) is 0 Å². The highest BCUT2D eigenvalue weighted by Gasteiger charge is 2.26. The third kappa shape index (κ3) is 2.23. The minimum Gasteiger partial charge on any atom is -0.379 e. The van der Waals surface area contributed by atoms with Crippen molar-refractivity contribution in [2.45, 2.75) is 4.90 Å². The minimum atomic E-state index is -3.59. The molecule has 1 aromatic carbocycles.